The number of amides is 2. The van der Waals surface area contributed by atoms with Gasteiger partial charge in [0, 0.05) is 44.0 Å². The molecule has 2 aromatic heterocycles. The highest BCUT2D eigenvalue weighted by molar-refractivity contribution is 7.17. The standard InChI is InChI=1S/C21H25F3N4O3S/c1-19(2,3)31-6-15(29)28-10-20(11-28)8-27(9-20)14-5-13(21(22,23)24)17-16(26-14)12(7-32-17)18(30)25-4/h5,7H,6,8-11H2,1-4H3,(H,25,30). The lowest BCUT2D eigenvalue weighted by molar-refractivity contribution is -0.154. The summed E-state index contributed by atoms with van der Waals surface area (Å²) in [6, 6.07) is 1.05. The van der Waals surface area contributed by atoms with Crippen LogP contribution in [0, 0.1) is 5.41 Å². The Balaban J connectivity index is 1.49. The van der Waals surface area contributed by atoms with Crippen LogP contribution in [0.15, 0.2) is 11.4 Å². The van der Waals surface area contributed by atoms with Gasteiger partial charge in [-0.2, -0.15) is 13.2 Å². The molecule has 4 rings (SSSR count). The number of pyridine rings is 1. The summed E-state index contributed by atoms with van der Waals surface area (Å²) in [5.74, 6) is -0.365. The van der Waals surface area contributed by atoms with E-state index < -0.39 is 23.2 Å². The molecule has 1 spiro atoms. The van der Waals surface area contributed by atoms with Crippen LogP contribution in [-0.2, 0) is 15.7 Å². The lowest BCUT2D eigenvalue weighted by atomic mass is 9.72. The van der Waals surface area contributed by atoms with Gasteiger partial charge >= 0.3 is 6.18 Å². The van der Waals surface area contributed by atoms with Crippen molar-refractivity contribution >= 4 is 39.2 Å². The van der Waals surface area contributed by atoms with Crippen molar-refractivity contribution in [1.82, 2.24) is 15.2 Å². The zero-order chi connectivity index (χ0) is 23.5. The number of alkyl halides is 3. The van der Waals surface area contributed by atoms with Crippen LogP contribution in [-0.4, -0.2) is 67.1 Å². The van der Waals surface area contributed by atoms with Crippen LogP contribution in [0.5, 0.6) is 0 Å². The third kappa shape index (κ3) is 4.15. The number of hydrogen-bond donors (Lipinski definition) is 1. The normalized spacial score (nSPS) is 18.0. The Kier molecular flexibility index (Phi) is 5.40. The first-order valence-electron chi connectivity index (χ1n) is 10.2. The van der Waals surface area contributed by atoms with E-state index in [4.69, 9.17) is 4.74 Å². The number of ether oxygens (including phenoxy) is 1. The Morgan fingerprint density at radius 3 is 2.44 bits per heavy atom. The maximum Gasteiger partial charge on any atom is 0.417 e. The average Bonchev–Trinajstić information content (AvgIpc) is 3.05. The van der Waals surface area contributed by atoms with Crippen LogP contribution in [0.25, 0.3) is 10.2 Å². The van der Waals surface area contributed by atoms with Crippen LogP contribution in [0.4, 0.5) is 19.0 Å². The molecule has 2 amide bonds. The highest BCUT2D eigenvalue weighted by Crippen LogP contribution is 2.45. The van der Waals surface area contributed by atoms with Gasteiger partial charge in [0.2, 0.25) is 5.91 Å². The Labute approximate surface area is 187 Å². The van der Waals surface area contributed by atoms with Crippen molar-refractivity contribution in [3.63, 3.8) is 0 Å². The smallest absolute Gasteiger partial charge is 0.366 e. The van der Waals surface area contributed by atoms with Crippen molar-refractivity contribution < 1.29 is 27.5 Å². The summed E-state index contributed by atoms with van der Waals surface area (Å²) in [5.41, 5.74) is -1.13. The predicted molar refractivity (Wildman–Crippen MR) is 115 cm³/mol. The minimum Gasteiger partial charge on any atom is -0.366 e. The molecule has 1 N–H and O–H groups in total. The van der Waals surface area contributed by atoms with E-state index in [1.165, 1.54) is 12.4 Å². The number of thiophene rings is 1. The fourth-order valence-electron chi connectivity index (χ4n) is 4.10. The van der Waals surface area contributed by atoms with Gasteiger partial charge in [0.1, 0.15) is 12.4 Å². The lowest BCUT2D eigenvalue weighted by Gasteiger charge is -2.60. The van der Waals surface area contributed by atoms with E-state index in [0.717, 1.165) is 17.4 Å². The SMILES string of the molecule is CNC(=O)c1csc2c(C(F)(F)F)cc(N3CC4(CN(C(=O)COC(C)(C)C)C4)C3)nc12. The topological polar surface area (TPSA) is 74.8 Å². The molecule has 7 nitrogen and oxygen atoms in total. The van der Waals surface area contributed by atoms with Gasteiger partial charge in [-0.15, -0.1) is 11.3 Å². The minimum atomic E-state index is -4.56. The number of aromatic nitrogens is 1. The summed E-state index contributed by atoms with van der Waals surface area (Å²) in [5, 5.41) is 3.85. The van der Waals surface area contributed by atoms with E-state index in [2.05, 4.69) is 10.3 Å². The van der Waals surface area contributed by atoms with Gasteiger partial charge in [0.05, 0.1) is 26.9 Å². The third-order valence-electron chi connectivity index (χ3n) is 5.70. The Bertz CT molecular complexity index is 1060. The van der Waals surface area contributed by atoms with E-state index in [0.29, 0.717) is 26.2 Å². The number of nitrogens with zero attached hydrogens (tertiary/aromatic N) is 3. The van der Waals surface area contributed by atoms with E-state index >= 15 is 0 Å². The molecule has 2 aliphatic heterocycles. The molecule has 2 aliphatic rings. The van der Waals surface area contributed by atoms with Crippen LogP contribution >= 0.6 is 11.3 Å². The summed E-state index contributed by atoms with van der Waals surface area (Å²) >= 11 is 0.864. The van der Waals surface area contributed by atoms with E-state index in [1.54, 1.807) is 9.80 Å². The maximum absolute atomic E-state index is 13.7. The Morgan fingerprint density at radius 1 is 1.22 bits per heavy atom. The van der Waals surface area contributed by atoms with Crippen LogP contribution in [0.3, 0.4) is 0 Å². The van der Waals surface area contributed by atoms with Gasteiger partial charge in [0.15, 0.2) is 0 Å². The molecule has 0 atom stereocenters. The fraction of sp³-hybridized carbons (Fsp3) is 0.571. The Hall–Kier alpha value is -2.40. The summed E-state index contributed by atoms with van der Waals surface area (Å²) in [4.78, 5) is 32.3. The van der Waals surface area contributed by atoms with Gasteiger partial charge in [-0.3, -0.25) is 9.59 Å². The van der Waals surface area contributed by atoms with Gasteiger partial charge in [-0.05, 0) is 26.8 Å². The number of nitrogens with one attached hydrogen (secondary N) is 1. The van der Waals surface area contributed by atoms with Crippen LogP contribution < -0.4 is 10.2 Å². The first-order chi connectivity index (χ1) is 14.8. The van der Waals surface area contributed by atoms with Gasteiger partial charge < -0.3 is 19.9 Å². The molecular weight excluding hydrogens is 445 g/mol. The summed E-state index contributed by atoms with van der Waals surface area (Å²) in [7, 11) is 1.43. The summed E-state index contributed by atoms with van der Waals surface area (Å²) < 4.78 is 46.6. The monoisotopic (exact) mass is 470 g/mol. The quantitative estimate of drug-likeness (QED) is 0.743. The number of carbonyl (C=O) groups excluding carboxylic acids is 2. The molecule has 32 heavy (non-hydrogen) atoms. The van der Waals surface area contributed by atoms with Gasteiger partial charge in [0.25, 0.3) is 5.91 Å². The summed E-state index contributed by atoms with van der Waals surface area (Å²) in [6.45, 7) is 7.75. The predicted octanol–water partition coefficient (Wildman–Crippen LogP) is 3.14. The molecule has 2 fully saturated rings. The molecule has 0 unspecified atom stereocenters. The molecule has 0 aromatic carbocycles. The second-order valence-corrected chi connectivity index (χ2v) is 10.3. The van der Waals surface area contributed by atoms with E-state index in [-0.39, 0.29) is 39.5 Å². The van der Waals surface area contributed by atoms with Crippen molar-refractivity contribution in [1.29, 1.82) is 0 Å². The largest absolute Gasteiger partial charge is 0.417 e. The fourth-order valence-corrected chi connectivity index (χ4v) is 5.12. The molecule has 174 valence electrons. The van der Waals surface area contributed by atoms with Gasteiger partial charge in [-0.25, -0.2) is 4.98 Å². The molecule has 11 heteroatoms. The minimum absolute atomic E-state index is 0.0108. The van der Waals surface area contributed by atoms with Crippen LogP contribution in [0.1, 0.15) is 36.7 Å². The second kappa shape index (κ2) is 7.58. The number of hydrogen-bond acceptors (Lipinski definition) is 6. The maximum atomic E-state index is 13.7. The van der Waals surface area contributed by atoms with Crippen molar-refractivity contribution in [3.05, 3.63) is 22.6 Å². The number of carbonyl (C=O) groups is 2. The van der Waals surface area contributed by atoms with Gasteiger partial charge in [-0.1, -0.05) is 0 Å². The first-order valence-corrected chi connectivity index (χ1v) is 11.1. The van der Waals surface area contributed by atoms with Crippen molar-refractivity contribution in [2.75, 3.05) is 44.7 Å². The zero-order valence-electron chi connectivity index (χ0n) is 18.3. The third-order valence-corrected chi connectivity index (χ3v) is 6.70. The Morgan fingerprint density at radius 2 is 1.88 bits per heavy atom. The number of rotatable bonds is 4. The van der Waals surface area contributed by atoms with Crippen LogP contribution in [0.2, 0.25) is 0 Å². The van der Waals surface area contributed by atoms with Crippen molar-refractivity contribution in [3.8, 4) is 0 Å². The molecule has 0 bridgehead atoms. The number of likely N-dealkylation sites (tertiary alicyclic amines) is 1. The highest BCUT2D eigenvalue weighted by Gasteiger charge is 2.53. The molecule has 0 radical (unpaired) electrons. The zero-order valence-corrected chi connectivity index (χ0v) is 19.1. The van der Waals surface area contributed by atoms with E-state index in [1.807, 2.05) is 20.8 Å². The second-order valence-electron chi connectivity index (χ2n) is 9.44. The first kappa shape index (κ1) is 22.8. The molecule has 4 heterocycles. The molecule has 0 saturated carbocycles. The molecule has 0 aliphatic carbocycles. The van der Waals surface area contributed by atoms with E-state index in [9.17, 15) is 22.8 Å². The number of halogens is 3. The molecule has 2 saturated heterocycles. The van der Waals surface area contributed by atoms with Crippen molar-refractivity contribution in [2.45, 2.75) is 32.5 Å². The lowest BCUT2D eigenvalue weighted by Crippen LogP contribution is -2.73. The highest BCUT2D eigenvalue weighted by atomic mass is 32.1. The number of fused-ring (bicyclic) bond motifs is 1. The number of anilines is 1. The summed E-state index contributed by atoms with van der Waals surface area (Å²) in [6.07, 6.45) is -4.56. The molecule has 2 aromatic rings. The van der Waals surface area contributed by atoms with Crippen molar-refractivity contribution in [2.24, 2.45) is 5.41 Å². The molecular formula is C21H25F3N4O3S. The average molecular weight is 471 g/mol.